The smallest absolute Gasteiger partial charge is 0.257 e. The van der Waals surface area contributed by atoms with Gasteiger partial charge in [0.15, 0.2) is 0 Å². The van der Waals surface area contributed by atoms with Gasteiger partial charge in [-0.2, -0.15) is 0 Å². The van der Waals surface area contributed by atoms with Crippen LogP contribution in [0.1, 0.15) is 34.1 Å². The van der Waals surface area contributed by atoms with E-state index in [1.54, 1.807) is 35.7 Å². The summed E-state index contributed by atoms with van der Waals surface area (Å²) in [6.45, 7) is 3.26. The number of thiophene rings is 1. The molecule has 1 saturated heterocycles. The van der Waals surface area contributed by atoms with Crippen molar-refractivity contribution >= 4 is 39.8 Å². The van der Waals surface area contributed by atoms with Crippen LogP contribution in [0, 0.1) is 5.92 Å². The zero-order valence-electron chi connectivity index (χ0n) is 13.9. The van der Waals surface area contributed by atoms with Gasteiger partial charge in [0, 0.05) is 12.6 Å². The third-order valence-corrected chi connectivity index (χ3v) is 5.66. The minimum atomic E-state index is -0.323. The van der Waals surface area contributed by atoms with E-state index in [2.05, 4.69) is 5.32 Å². The van der Waals surface area contributed by atoms with Gasteiger partial charge in [-0.05, 0) is 49.4 Å². The summed E-state index contributed by atoms with van der Waals surface area (Å²) >= 11 is 7.40. The predicted molar refractivity (Wildman–Crippen MR) is 101 cm³/mol. The van der Waals surface area contributed by atoms with Crippen molar-refractivity contribution in [2.45, 2.75) is 19.4 Å². The fourth-order valence-corrected chi connectivity index (χ4v) is 4.14. The van der Waals surface area contributed by atoms with E-state index in [-0.39, 0.29) is 17.9 Å². The van der Waals surface area contributed by atoms with Crippen LogP contribution in [0.5, 0.6) is 0 Å². The second kappa shape index (κ2) is 7.56. The number of carbonyl (C=O) groups is 2. The minimum absolute atomic E-state index is 0.0702. The summed E-state index contributed by atoms with van der Waals surface area (Å²) in [6.07, 6.45) is 0.910. The van der Waals surface area contributed by atoms with Crippen molar-refractivity contribution in [3.63, 3.8) is 0 Å². The van der Waals surface area contributed by atoms with Crippen LogP contribution in [0.2, 0.25) is 5.02 Å². The maximum Gasteiger partial charge on any atom is 0.257 e. The fraction of sp³-hybridized carbons (Fsp3) is 0.333. The van der Waals surface area contributed by atoms with Crippen LogP contribution in [0.15, 0.2) is 35.7 Å². The van der Waals surface area contributed by atoms with Gasteiger partial charge in [0.1, 0.15) is 5.00 Å². The van der Waals surface area contributed by atoms with Gasteiger partial charge in [0.2, 0.25) is 0 Å². The Morgan fingerprint density at radius 1 is 1.32 bits per heavy atom. The number of likely N-dealkylation sites (tertiary alicyclic amines) is 1. The van der Waals surface area contributed by atoms with Gasteiger partial charge in [-0.15, -0.1) is 11.3 Å². The van der Waals surface area contributed by atoms with Gasteiger partial charge in [-0.25, -0.2) is 0 Å². The maximum absolute atomic E-state index is 12.9. The first-order chi connectivity index (χ1) is 12.0. The lowest BCUT2D eigenvalue weighted by atomic mass is 10.1. The molecule has 0 aliphatic carbocycles. The Labute approximate surface area is 155 Å². The first-order valence-corrected chi connectivity index (χ1v) is 9.41. The van der Waals surface area contributed by atoms with Crippen molar-refractivity contribution < 1.29 is 9.59 Å². The van der Waals surface area contributed by atoms with Crippen LogP contribution in [0.4, 0.5) is 5.00 Å². The standard InChI is InChI=1S/C18H20ClN3O2S/c1-11-8-12(9-20)10-22(11)18(24)14-6-7-25-17(14)21-16(23)13-4-2-3-5-15(13)19/h2-7,11-12H,8-10,20H2,1H3,(H,21,23). The molecule has 1 aliphatic rings. The van der Waals surface area contributed by atoms with Crippen molar-refractivity contribution in [2.24, 2.45) is 11.7 Å². The molecule has 2 atom stereocenters. The van der Waals surface area contributed by atoms with Gasteiger partial charge >= 0.3 is 0 Å². The summed E-state index contributed by atoms with van der Waals surface area (Å²) in [5, 5.41) is 5.54. The molecule has 1 aromatic heterocycles. The Morgan fingerprint density at radius 2 is 2.08 bits per heavy atom. The number of amides is 2. The number of hydrogen-bond donors (Lipinski definition) is 2. The first-order valence-electron chi connectivity index (χ1n) is 8.15. The Bertz CT molecular complexity index is 792. The van der Waals surface area contributed by atoms with E-state index in [9.17, 15) is 9.59 Å². The Kier molecular flexibility index (Phi) is 5.42. The van der Waals surface area contributed by atoms with Crippen LogP contribution in [-0.2, 0) is 0 Å². The largest absolute Gasteiger partial charge is 0.336 e. The fourth-order valence-electron chi connectivity index (χ4n) is 3.14. The lowest BCUT2D eigenvalue weighted by Crippen LogP contribution is -2.34. The zero-order valence-corrected chi connectivity index (χ0v) is 15.4. The molecule has 3 rings (SSSR count). The number of nitrogens with zero attached hydrogens (tertiary/aromatic N) is 1. The summed E-state index contributed by atoms with van der Waals surface area (Å²) in [5.74, 6) is -0.0608. The van der Waals surface area contributed by atoms with E-state index in [0.717, 1.165) is 6.42 Å². The SMILES string of the molecule is CC1CC(CN)CN1C(=O)c1ccsc1NC(=O)c1ccccc1Cl. The van der Waals surface area contributed by atoms with Crippen LogP contribution < -0.4 is 11.1 Å². The molecule has 1 fully saturated rings. The number of carbonyl (C=O) groups excluding carboxylic acids is 2. The topological polar surface area (TPSA) is 75.4 Å². The number of hydrogen-bond acceptors (Lipinski definition) is 4. The van der Waals surface area contributed by atoms with Crippen LogP contribution in [0.25, 0.3) is 0 Å². The number of benzene rings is 1. The maximum atomic E-state index is 12.9. The second-order valence-corrected chi connectivity index (χ2v) is 7.56. The highest BCUT2D eigenvalue weighted by molar-refractivity contribution is 7.14. The molecule has 2 heterocycles. The van der Waals surface area contributed by atoms with Crippen LogP contribution in [-0.4, -0.2) is 35.8 Å². The number of nitrogens with two attached hydrogens (primary N) is 1. The molecule has 0 bridgehead atoms. The average molecular weight is 378 g/mol. The van der Waals surface area contributed by atoms with E-state index < -0.39 is 0 Å². The minimum Gasteiger partial charge on any atom is -0.336 e. The Balaban J connectivity index is 1.78. The molecular formula is C18H20ClN3O2S. The Morgan fingerprint density at radius 3 is 2.76 bits per heavy atom. The van der Waals surface area contributed by atoms with Gasteiger partial charge < -0.3 is 16.0 Å². The molecule has 0 saturated carbocycles. The molecule has 7 heteroatoms. The summed E-state index contributed by atoms with van der Waals surface area (Å²) in [4.78, 5) is 27.2. The molecule has 132 valence electrons. The highest BCUT2D eigenvalue weighted by atomic mass is 35.5. The highest BCUT2D eigenvalue weighted by Gasteiger charge is 2.33. The average Bonchev–Trinajstić information content (AvgIpc) is 3.21. The zero-order chi connectivity index (χ0) is 18.0. The summed E-state index contributed by atoms with van der Waals surface area (Å²) in [6, 6.07) is 8.73. The van der Waals surface area contributed by atoms with Crippen molar-refractivity contribution in [3.8, 4) is 0 Å². The summed E-state index contributed by atoms with van der Waals surface area (Å²) in [5.41, 5.74) is 6.64. The normalized spacial score (nSPS) is 19.9. The van der Waals surface area contributed by atoms with Crippen LogP contribution >= 0.6 is 22.9 Å². The predicted octanol–water partition coefficient (Wildman–Crippen LogP) is 3.46. The highest BCUT2D eigenvalue weighted by Crippen LogP contribution is 2.30. The molecule has 3 N–H and O–H groups in total. The summed E-state index contributed by atoms with van der Waals surface area (Å²) < 4.78 is 0. The molecule has 0 spiro atoms. The molecule has 25 heavy (non-hydrogen) atoms. The molecule has 1 aromatic carbocycles. The number of nitrogens with one attached hydrogen (secondary N) is 1. The van der Waals surface area contributed by atoms with Gasteiger partial charge in [-0.1, -0.05) is 23.7 Å². The van der Waals surface area contributed by atoms with Crippen molar-refractivity contribution in [1.82, 2.24) is 4.90 Å². The molecule has 0 radical (unpaired) electrons. The van der Waals surface area contributed by atoms with Crippen molar-refractivity contribution in [2.75, 3.05) is 18.4 Å². The van der Waals surface area contributed by atoms with Crippen LogP contribution in [0.3, 0.4) is 0 Å². The van der Waals surface area contributed by atoms with Crippen molar-refractivity contribution in [3.05, 3.63) is 51.9 Å². The third-order valence-electron chi connectivity index (χ3n) is 4.50. The number of anilines is 1. The van der Waals surface area contributed by atoms with E-state index in [1.807, 2.05) is 11.8 Å². The van der Waals surface area contributed by atoms with E-state index >= 15 is 0 Å². The molecule has 2 aromatic rings. The van der Waals surface area contributed by atoms with Gasteiger partial charge in [-0.3, -0.25) is 9.59 Å². The molecule has 2 amide bonds. The number of rotatable bonds is 4. The van der Waals surface area contributed by atoms with E-state index in [1.165, 1.54) is 11.3 Å². The number of halogens is 1. The molecule has 1 aliphatic heterocycles. The lowest BCUT2D eigenvalue weighted by Gasteiger charge is -2.21. The monoisotopic (exact) mass is 377 g/mol. The molecule has 5 nitrogen and oxygen atoms in total. The molecule has 2 unspecified atom stereocenters. The van der Waals surface area contributed by atoms with E-state index in [4.69, 9.17) is 17.3 Å². The summed E-state index contributed by atoms with van der Waals surface area (Å²) in [7, 11) is 0. The van der Waals surface area contributed by atoms with E-state index in [0.29, 0.717) is 40.2 Å². The first kappa shape index (κ1) is 17.9. The second-order valence-electron chi connectivity index (χ2n) is 6.24. The van der Waals surface area contributed by atoms with Gasteiger partial charge in [0.25, 0.3) is 11.8 Å². The third kappa shape index (κ3) is 3.71. The molecular weight excluding hydrogens is 358 g/mol. The lowest BCUT2D eigenvalue weighted by molar-refractivity contribution is 0.0745. The quantitative estimate of drug-likeness (QED) is 0.856. The Hall–Kier alpha value is -1.89. The van der Waals surface area contributed by atoms with Crippen molar-refractivity contribution in [1.29, 1.82) is 0 Å². The van der Waals surface area contributed by atoms with Gasteiger partial charge in [0.05, 0.1) is 16.1 Å².